The van der Waals surface area contributed by atoms with E-state index in [1.807, 2.05) is 24.3 Å². The molecule has 0 aliphatic rings. The number of H-pyrrole nitrogens is 2. The van der Waals surface area contributed by atoms with Crippen molar-refractivity contribution in [3.05, 3.63) is 59.0 Å². The summed E-state index contributed by atoms with van der Waals surface area (Å²) in [5.74, 6) is 0. The SMILES string of the molecule is Cc1[nH]c2ccccc2c1Cc1ccc(C=O)[nH]1. The average Bonchev–Trinajstić information content (AvgIpc) is 2.96. The van der Waals surface area contributed by atoms with E-state index in [0.717, 1.165) is 23.9 Å². The van der Waals surface area contributed by atoms with Crippen molar-refractivity contribution in [3.8, 4) is 0 Å². The summed E-state index contributed by atoms with van der Waals surface area (Å²) in [4.78, 5) is 17.2. The third kappa shape index (κ3) is 1.74. The largest absolute Gasteiger partial charge is 0.358 e. The summed E-state index contributed by atoms with van der Waals surface area (Å²) in [5, 5.41) is 1.25. The van der Waals surface area contributed by atoms with E-state index < -0.39 is 0 Å². The molecule has 0 atom stereocenters. The lowest BCUT2D eigenvalue weighted by atomic mass is 10.1. The van der Waals surface area contributed by atoms with E-state index in [-0.39, 0.29) is 0 Å². The highest BCUT2D eigenvalue weighted by Crippen LogP contribution is 2.24. The Balaban J connectivity index is 2.03. The zero-order chi connectivity index (χ0) is 12.5. The van der Waals surface area contributed by atoms with Crippen LogP contribution in [0.3, 0.4) is 0 Å². The molecule has 2 heterocycles. The Morgan fingerprint density at radius 1 is 1.11 bits per heavy atom. The summed E-state index contributed by atoms with van der Waals surface area (Å²) >= 11 is 0. The van der Waals surface area contributed by atoms with Crippen LogP contribution in [0.2, 0.25) is 0 Å². The Labute approximate surface area is 105 Å². The second-order valence-corrected chi connectivity index (χ2v) is 4.51. The number of aryl methyl sites for hydroxylation is 1. The molecule has 2 N–H and O–H groups in total. The van der Waals surface area contributed by atoms with E-state index in [9.17, 15) is 4.79 Å². The van der Waals surface area contributed by atoms with Crippen LogP contribution in [0, 0.1) is 6.92 Å². The average molecular weight is 238 g/mol. The van der Waals surface area contributed by atoms with Gasteiger partial charge in [0.2, 0.25) is 0 Å². The van der Waals surface area contributed by atoms with Crippen LogP contribution in [0.15, 0.2) is 36.4 Å². The van der Waals surface area contributed by atoms with Gasteiger partial charge in [-0.1, -0.05) is 18.2 Å². The van der Waals surface area contributed by atoms with Crippen LogP contribution in [0.5, 0.6) is 0 Å². The van der Waals surface area contributed by atoms with Gasteiger partial charge in [-0.15, -0.1) is 0 Å². The Hall–Kier alpha value is -2.29. The number of para-hydroxylation sites is 1. The molecule has 1 aromatic carbocycles. The summed E-state index contributed by atoms with van der Waals surface area (Å²) in [5.41, 5.74) is 5.31. The molecule has 3 rings (SSSR count). The van der Waals surface area contributed by atoms with Gasteiger partial charge in [-0.3, -0.25) is 4.79 Å². The molecule has 2 aromatic heterocycles. The van der Waals surface area contributed by atoms with Gasteiger partial charge in [0.05, 0.1) is 5.69 Å². The lowest BCUT2D eigenvalue weighted by Crippen LogP contribution is -1.90. The highest BCUT2D eigenvalue weighted by Gasteiger charge is 2.09. The van der Waals surface area contributed by atoms with Crippen LogP contribution in [0.4, 0.5) is 0 Å². The summed E-state index contributed by atoms with van der Waals surface area (Å²) in [6.07, 6.45) is 1.65. The number of rotatable bonds is 3. The van der Waals surface area contributed by atoms with Crippen molar-refractivity contribution in [2.24, 2.45) is 0 Å². The molecule has 0 aliphatic heterocycles. The van der Waals surface area contributed by atoms with Crippen molar-refractivity contribution in [1.29, 1.82) is 0 Å². The predicted molar refractivity (Wildman–Crippen MR) is 72.0 cm³/mol. The molecular weight excluding hydrogens is 224 g/mol. The Kier molecular flexibility index (Phi) is 2.52. The minimum atomic E-state index is 0.627. The standard InChI is InChI=1S/C15H14N2O/c1-10-14(8-11-6-7-12(9-18)17-11)13-4-2-3-5-15(13)16-10/h2-7,9,16-17H,8H2,1H3. The minimum absolute atomic E-state index is 0.627. The van der Waals surface area contributed by atoms with E-state index in [1.54, 1.807) is 0 Å². The maximum absolute atomic E-state index is 10.7. The van der Waals surface area contributed by atoms with Gasteiger partial charge in [-0.25, -0.2) is 0 Å². The van der Waals surface area contributed by atoms with Crippen LogP contribution >= 0.6 is 0 Å². The fourth-order valence-corrected chi connectivity index (χ4v) is 2.38. The highest BCUT2D eigenvalue weighted by atomic mass is 16.1. The van der Waals surface area contributed by atoms with Crippen molar-refractivity contribution >= 4 is 17.2 Å². The van der Waals surface area contributed by atoms with Gasteiger partial charge >= 0.3 is 0 Å². The van der Waals surface area contributed by atoms with Gasteiger partial charge < -0.3 is 9.97 Å². The van der Waals surface area contributed by atoms with E-state index in [4.69, 9.17) is 0 Å². The maximum atomic E-state index is 10.7. The second-order valence-electron chi connectivity index (χ2n) is 4.51. The van der Waals surface area contributed by atoms with Crippen LogP contribution in [-0.4, -0.2) is 16.3 Å². The third-order valence-corrected chi connectivity index (χ3v) is 3.29. The molecule has 0 aliphatic carbocycles. The van der Waals surface area contributed by atoms with Crippen molar-refractivity contribution in [1.82, 2.24) is 9.97 Å². The van der Waals surface area contributed by atoms with Gasteiger partial charge in [0.15, 0.2) is 6.29 Å². The lowest BCUT2D eigenvalue weighted by molar-refractivity contribution is 0.111. The number of hydrogen-bond acceptors (Lipinski definition) is 1. The molecule has 0 amide bonds. The molecule has 18 heavy (non-hydrogen) atoms. The van der Waals surface area contributed by atoms with Gasteiger partial charge in [0, 0.05) is 28.7 Å². The number of aldehydes is 1. The van der Waals surface area contributed by atoms with Crippen molar-refractivity contribution < 1.29 is 4.79 Å². The monoisotopic (exact) mass is 238 g/mol. The molecule has 0 bridgehead atoms. The van der Waals surface area contributed by atoms with Crippen LogP contribution in [-0.2, 0) is 6.42 Å². The third-order valence-electron chi connectivity index (χ3n) is 3.29. The molecule has 0 fully saturated rings. The number of fused-ring (bicyclic) bond motifs is 1. The Bertz CT molecular complexity index is 706. The molecule has 0 saturated carbocycles. The predicted octanol–water partition coefficient (Wildman–Crippen LogP) is 3.21. The number of nitrogens with one attached hydrogen (secondary N) is 2. The quantitative estimate of drug-likeness (QED) is 0.676. The van der Waals surface area contributed by atoms with E-state index >= 15 is 0 Å². The Morgan fingerprint density at radius 3 is 2.72 bits per heavy atom. The number of hydrogen-bond donors (Lipinski definition) is 2. The van der Waals surface area contributed by atoms with Crippen molar-refractivity contribution in [2.75, 3.05) is 0 Å². The molecule has 3 aromatic rings. The molecule has 0 unspecified atom stereocenters. The fourth-order valence-electron chi connectivity index (χ4n) is 2.38. The van der Waals surface area contributed by atoms with Crippen molar-refractivity contribution in [3.63, 3.8) is 0 Å². The number of carbonyl (C=O) groups excluding carboxylic acids is 1. The minimum Gasteiger partial charge on any atom is -0.358 e. The number of carbonyl (C=O) groups is 1. The van der Waals surface area contributed by atoms with Crippen molar-refractivity contribution in [2.45, 2.75) is 13.3 Å². The first-order chi connectivity index (χ1) is 8.78. The van der Waals surface area contributed by atoms with E-state index in [2.05, 4.69) is 29.0 Å². The first-order valence-corrected chi connectivity index (χ1v) is 5.97. The zero-order valence-electron chi connectivity index (χ0n) is 10.2. The van der Waals surface area contributed by atoms with Gasteiger partial charge in [0.25, 0.3) is 0 Å². The Morgan fingerprint density at radius 2 is 1.94 bits per heavy atom. The molecule has 0 spiro atoms. The van der Waals surface area contributed by atoms with Crippen LogP contribution in [0.1, 0.15) is 27.4 Å². The summed E-state index contributed by atoms with van der Waals surface area (Å²) in [7, 11) is 0. The molecular formula is C15H14N2O. The number of benzene rings is 1. The van der Waals surface area contributed by atoms with Crippen LogP contribution in [0.25, 0.3) is 10.9 Å². The first-order valence-electron chi connectivity index (χ1n) is 5.97. The first kappa shape index (κ1) is 10.8. The normalized spacial score (nSPS) is 10.9. The molecule has 3 heteroatoms. The number of aromatic nitrogens is 2. The summed E-state index contributed by atoms with van der Waals surface area (Å²) in [6.45, 7) is 2.08. The highest BCUT2D eigenvalue weighted by molar-refractivity contribution is 5.84. The molecule has 90 valence electrons. The molecule has 0 saturated heterocycles. The smallest absolute Gasteiger partial charge is 0.166 e. The van der Waals surface area contributed by atoms with Gasteiger partial charge in [-0.2, -0.15) is 0 Å². The fraction of sp³-hybridized carbons (Fsp3) is 0.133. The van der Waals surface area contributed by atoms with Crippen LogP contribution < -0.4 is 0 Å². The summed E-state index contributed by atoms with van der Waals surface area (Å²) in [6, 6.07) is 12.1. The van der Waals surface area contributed by atoms with Gasteiger partial charge in [0.1, 0.15) is 0 Å². The van der Waals surface area contributed by atoms with E-state index in [1.165, 1.54) is 16.6 Å². The number of aromatic amines is 2. The summed E-state index contributed by atoms with van der Waals surface area (Å²) < 4.78 is 0. The van der Waals surface area contributed by atoms with Gasteiger partial charge in [-0.05, 0) is 30.7 Å². The maximum Gasteiger partial charge on any atom is 0.166 e. The molecule has 0 radical (unpaired) electrons. The second kappa shape index (κ2) is 4.18. The topological polar surface area (TPSA) is 48.6 Å². The zero-order valence-corrected chi connectivity index (χ0v) is 10.2. The van der Waals surface area contributed by atoms with E-state index in [0.29, 0.717) is 5.69 Å². The molecule has 3 nitrogen and oxygen atoms in total. The lowest BCUT2D eigenvalue weighted by Gasteiger charge is -1.99.